The van der Waals surface area contributed by atoms with Gasteiger partial charge in [0.25, 0.3) is 0 Å². The summed E-state index contributed by atoms with van der Waals surface area (Å²) in [5, 5.41) is 2.90. The first-order valence-electron chi connectivity index (χ1n) is 8.33. The maximum atomic E-state index is 12.1. The maximum Gasteiger partial charge on any atom is 0.223 e. The van der Waals surface area contributed by atoms with E-state index in [9.17, 15) is 9.59 Å². The van der Waals surface area contributed by atoms with Crippen molar-refractivity contribution in [2.45, 2.75) is 19.8 Å². The molecule has 0 saturated carbocycles. The minimum absolute atomic E-state index is 0.0721. The standard InChI is InChI=1S/C20H24N2O3/c1-16(23)22(18-9-4-3-5-10-18)15-13-20(24)21-14-12-17-8-6-7-11-19(17)25-2/h3-11H,12-15H2,1-2H3,(H,21,24). The van der Waals surface area contributed by atoms with E-state index >= 15 is 0 Å². The number of para-hydroxylation sites is 2. The fourth-order valence-corrected chi connectivity index (χ4v) is 2.62. The molecule has 5 nitrogen and oxygen atoms in total. The van der Waals surface area contributed by atoms with E-state index in [0.29, 0.717) is 19.5 Å². The van der Waals surface area contributed by atoms with Crippen molar-refractivity contribution < 1.29 is 14.3 Å². The van der Waals surface area contributed by atoms with Crippen LogP contribution in [0.25, 0.3) is 0 Å². The first kappa shape index (κ1) is 18.5. The monoisotopic (exact) mass is 340 g/mol. The number of amides is 2. The molecule has 0 aliphatic carbocycles. The fourth-order valence-electron chi connectivity index (χ4n) is 2.62. The third kappa shape index (κ3) is 5.64. The van der Waals surface area contributed by atoms with Crippen LogP contribution in [0.2, 0.25) is 0 Å². The molecule has 25 heavy (non-hydrogen) atoms. The lowest BCUT2D eigenvalue weighted by Gasteiger charge is -2.20. The zero-order valence-corrected chi connectivity index (χ0v) is 14.7. The van der Waals surface area contributed by atoms with Gasteiger partial charge in [-0.15, -0.1) is 0 Å². The molecule has 0 spiro atoms. The number of nitrogens with zero attached hydrogens (tertiary/aromatic N) is 1. The van der Waals surface area contributed by atoms with Gasteiger partial charge in [0.05, 0.1) is 7.11 Å². The largest absolute Gasteiger partial charge is 0.496 e. The predicted octanol–water partition coefficient (Wildman–Crippen LogP) is 2.80. The normalized spacial score (nSPS) is 10.2. The van der Waals surface area contributed by atoms with Crippen molar-refractivity contribution in [3.05, 3.63) is 60.2 Å². The van der Waals surface area contributed by atoms with E-state index < -0.39 is 0 Å². The van der Waals surface area contributed by atoms with Crippen LogP contribution >= 0.6 is 0 Å². The molecule has 0 saturated heterocycles. The molecule has 2 rings (SSSR count). The lowest BCUT2D eigenvalue weighted by molar-refractivity contribution is -0.121. The molecule has 0 heterocycles. The Morgan fingerprint density at radius 3 is 2.40 bits per heavy atom. The number of hydrogen-bond acceptors (Lipinski definition) is 3. The van der Waals surface area contributed by atoms with E-state index in [1.807, 2.05) is 54.6 Å². The first-order chi connectivity index (χ1) is 12.1. The van der Waals surface area contributed by atoms with E-state index in [2.05, 4.69) is 5.32 Å². The molecule has 0 aliphatic heterocycles. The molecule has 1 N–H and O–H groups in total. The van der Waals surface area contributed by atoms with Gasteiger partial charge in [-0.2, -0.15) is 0 Å². The second-order valence-electron chi connectivity index (χ2n) is 5.67. The van der Waals surface area contributed by atoms with Crippen molar-refractivity contribution in [2.24, 2.45) is 0 Å². The van der Waals surface area contributed by atoms with Crippen LogP contribution < -0.4 is 15.0 Å². The van der Waals surface area contributed by atoms with Gasteiger partial charge in [0.15, 0.2) is 0 Å². The summed E-state index contributed by atoms with van der Waals surface area (Å²) in [5.41, 5.74) is 1.86. The summed E-state index contributed by atoms with van der Waals surface area (Å²) in [7, 11) is 1.64. The summed E-state index contributed by atoms with van der Waals surface area (Å²) in [6, 6.07) is 17.1. The highest BCUT2D eigenvalue weighted by molar-refractivity contribution is 5.92. The molecule has 0 bridgehead atoms. The molecular formula is C20H24N2O3. The average molecular weight is 340 g/mol. The minimum atomic E-state index is -0.0759. The third-order valence-corrected chi connectivity index (χ3v) is 3.92. The van der Waals surface area contributed by atoms with Crippen molar-refractivity contribution in [1.82, 2.24) is 5.32 Å². The Bertz CT molecular complexity index is 701. The van der Waals surface area contributed by atoms with Crippen LogP contribution in [-0.4, -0.2) is 32.0 Å². The van der Waals surface area contributed by atoms with Gasteiger partial charge >= 0.3 is 0 Å². The molecule has 0 fully saturated rings. The van der Waals surface area contributed by atoms with Gasteiger partial charge in [-0.05, 0) is 30.2 Å². The number of methoxy groups -OCH3 is 1. The lowest BCUT2D eigenvalue weighted by atomic mass is 10.1. The SMILES string of the molecule is COc1ccccc1CCNC(=O)CCN(C(C)=O)c1ccccc1. The zero-order valence-electron chi connectivity index (χ0n) is 14.7. The Labute approximate surface area is 148 Å². The van der Waals surface area contributed by atoms with Gasteiger partial charge in [-0.1, -0.05) is 36.4 Å². The van der Waals surface area contributed by atoms with Crippen molar-refractivity contribution in [3.8, 4) is 5.75 Å². The average Bonchev–Trinajstić information content (AvgIpc) is 2.63. The summed E-state index contributed by atoms with van der Waals surface area (Å²) in [6.07, 6.45) is 0.964. The van der Waals surface area contributed by atoms with Crippen LogP contribution in [0, 0.1) is 0 Å². The topological polar surface area (TPSA) is 58.6 Å². The molecule has 5 heteroatoms. The van der Waals surface area contributed by atoms with E-state index in [1.54, 1.807) is 12.0 Å². The van der Waals surface area contributed by atoms with E-state index in [0.717, 1.165) is 17.0 Å². The van der Waals surface area contributed by atoms with Crippen LogP contribution in [0.1, 0.15) is 18.9 Å². The summed E-state index contributed by atoms with van der Waals surface area (Å²) < 4.78 is 5.30. The molecule has 0 radical (unpaired) electrons. The van der Waals surface area contributed by atoms with Gasteiger partial charge in [0.1, 0.15) is 5.75 Å². The lowest BCUT2D eigenvalue weighted by Crippen LogP contribution is -2.34. The van der Waals surface area contributed by atoms with Crippen LogP contribution in [0.15, 0.2) is 54.6 Å². The highest BCUT2D eigenvalue weighted by Gasteiger charge is 2.13. The smallest absolute Gasteiger partial charge is 0.223 e. The van der Waals surface area contributed by atoms with E-state index in [-0.39, 0.29) is 18.2 Å². The molecule has 2 amide bonds. The van der Waals surface area contributed by atoms with Gasteiger partial charge < -0.3 is 15.0 Å². The zero-order chi connectivity index (χ0) is 18.1. The fraction of sp³-hybridized carbons (Fsp3) is 0.300. The Balaban J connectivity index is 1.80. The number of nitrogens with one attached hydrogen (secondary N) is 1. The summed E-state index contributed by atoms with van der Waals surface area (Å²) in [5.74, 6) is 0.675. The Kier molecular flexibility index (Phi) is 7.01. The van der Waals surface area contributed by atoms with Gasteiger partial charge in [-0.25, -0.2) is 0 Å². The molecule has 132 valence electrons. The van der Waals surface area contributed by atoms with Crippen molar-refractivity contribution in [1.29, 1.82) is 0 Å². The second-order valence-corrected chi connectivity index (χ2v) is 5.67. The molecule has 0 atom stereocenters. The Hall–Kier alpha value is -2.82. The predicted molar refractivity (Wildman–Crippen MR) is 98.8 cm³/mol. The van der Waals surface area contributed by atoms with Gasteiger partial charge in [-0.3, -0.25) is 9.59 Å². The minimum Gasteiger partial charge on any atom is -0.496 e. The number of ether oxygens (including phenoxy) is 1. The number of hydrogen-bond donors (Lipinski definition) is 1. The number of carbonyl (C=O) groups excluding carboxylic acids is 2. The summed E-state index contributed by atoms with van der Waals surface area (Å²) in [6.45, 7) is 2.40. The van der Waals surface area contributed by atoms with Crippen molar-refractivity contribution in [2.75, 3.05) is 25.1 Å². The summed E-state index contributed by atoms with van der Waals surface area (Å²) >= 11 is 0. The van der Waals surface area contributed by atoms with Crippen LogP contribution in [0.5, 0.6) is 5.75 Å². The van der Waals surface area contributed by atoms with Crippen molar-refractivity contribution >= 4 is 17.5 Å². The Morgan fingerprint density at radius 1 is 1.04 bits per heavy atom. The first-order valence-corrected chi connectivity index (χ1v) is 8.33. The highest BCUT2D eigenvalue weighted by atomic mass is 16.5. The van der Waals surface area contributed by atoms with Crippen LogP contribution in [0.4, 0.5) is 5.69 Å². The van der Waals surface area contributed by atoms with Crippen molar-refractivity contribution in [3.63, 3.8) is 0 Å². The van der Waals surface area contributed by atoms with Gasteiger partial charge in [0.2, 0.25) is 11.8 Å². The quantitative estimate of drug-likeness (QED) is 0.804. The highest BCUT2D eigenvalue weighted by Crippen LogP contribution is 2.17. The second kappa shape index (κ2) is 9.47. The number of anilines is 1. The molecule has 2 aromatic rings. The summed E-state index contributed by atoms with van der Waals surface area (Å²) in [4.78, 5) is 25.5. The third-order valence-electron chi connectivity index (χ3n) is 3.92. The van der Waals surface area contributed by atoms with Crippen LogP contribution in [-0.2, 0) is 16.0 Å². The van der Waals surface area contributed by atoms with Crippen LogP contribution in [0.3, 0.4) is 0 Å². The Morgan fingerprint density at radius 2 is 1.72 bits per heavy atom. The van der Waals surface area contributed by atoms with E-state index in [1.165, 1.54) is 6.92 Å². The molecular weight excluding hydrogens is 316 g/mol. The molecule has 0 aromatic heterocycles. The van der Waals surface area contributed by atoms with E-state index in [4.69, 9.17) is 4.74 Å². The van der Waals surface area contributed by atoms with Gasteiger partial charge in [0, 0.05) is 32.1 Å². The maximum absolute atomic E-state index is 12.1. The number of benzene rings is 2. The molecule has 2 aromatic carbocycles. The molecule has 0 aliphatic rings. The molecule has 0 unspecified atom stereocenters. The number of rotatable bonds is 8. The number of carbonyl (C=O) groups is 2.